The lowest BCUT2D eigenvalue weighted by Gasteiger charge is -2.26. The molecule has 1 aliphatic heterocycles. The molecule has 0 saturated carbocycles. The van der Waals surface area contributed by atoms with Crippen LogP contribution in [-0.2, 0) is 0 Å². The van der Waals surface area contributed by atoms with E-state index in [2.05, 4.69) is 5.10 Å². The number of rotatable bonds is 3. The molecule has 0 fully saturated rings. The molecule has 1 aromatic heterocycles. The van der Waals surface area contributed by atoms with Crippen LogP contribution in [0.2, 0.25) is 0 Å². The van der Waals surface area contributed by atoms with E-state index in [1.165, 1.54) is 4.68 Å². The van der Waals surface area contributed by atoms with Gasteiger partial charge in [0.15, 0.2) is 0 Å². The van der Waals surface area contributed by atoms with Crippen LogP contribution in [0, 0.1) is 5.92 Å². The number of imide groups is 1. The van der Waals surface area contributed by atoms with E-state index in [9.17, 15) is 14.4 Å². The van der Waals surface area contributed by atoms with E-state index in [0.717, 1.165) is 15.8 Å². The van der Waals surface area contributed by atoms with E-state index in [1.807, 2.05) is 38.1 Å². The quantitative estimate of drug-likeness (QED) is 0.682. The summed E-state index contributed by atoms with van der Waals surface area (Å²) in [5, 5.41) is 3.90. The standard InChI is InChI=1S/C20H17N3O3/c1-12(2)17(20(26)22-11-13-7-3-6-10-16(13)21-22)23-18(24)14-8-4-5-9-15(14)19(23)25/h3-12,17H,1-2H3/p+1/t17-/m1/s1. The monoisotopic (exact) mass is 348 g/mol. The van der Waals surface area contributed by atoms with Crippen molar-refractivity contribution < 1.29 is 19.5 Å². The molecule has 26 heavy (non-hydrogen) atoms. The number of amides is 2. The number of aromatic nitrogens is 2. The maximum atomic E-state index is 13.2. The van der Waals surface area contributed by atoms with Crippen LogP contribution in [0.25, 0.3) is 10.9 Å². The molecule has 4 rings (SSSR count). The first-order valence-corrected chi connectivity index (χ1v) is 8.49. The van der Waals surface area contributed by atoms with Gasteiger partial charge < -0.3 is 0 Å². The van der Waals surface area contributed by atoms with Crippen molar-refractivity contribution in [2.75, 3.05) is 0 Å². The number of para-hydroxylation sites is 1. The third-order valence-electron chi connectivity index (χ3n) is 4.70. The molecule has 1 N–H and O–H groups in total. The van der Waals surface area contributed by atoms with Gasteiger partial charge in [0.2, 0.25) is 5.52 Å². The Balaban J connectivity index is 1.76. The summed E-state index contributed by atoms with van der Waals surface area (Å²) in [6, 6.07) is 13.3. The lowest BCUT2D eigenvalue weighted by molar-refractivity contribution is -0.444. The summed E-state index contributed by atoms with van der Waals surface area (Å²) >= 11 is 0. The fourth-order valence-corrected chi connectivity index (χ4v) is 3.43. The largest absolute Gasteiger partial charge is 0.305 e. The van der Waals surface area contributed by atoms with Gasteiger partial charge in [-0.25, -0.2) is 0 Å². The molecular formula is C20H18N3O3+. The first-order valence-electron chi connectivity index (χ1n) is 8.49. The van der Waals surface area contributed by atoms with E-state index >= 15 is 0 Å². The summed E-state index contributed by atoms with van der Waals surface area (Å²) in [6.45, 7) is 3.66. The molecule has 130 valence electrons. The van der Waals surface area contributed by atoms with Crippen molar-refractivity contribution in [1.82, 2.24) is 9.58 Å². The molecule has 2 amide bonds. The van der Waals surface area contributed by atoms with Crippen LogP contribution in [0.4, 0.5) is 0 Å². The number of benzene rings is 2. The Bertz CT molecular complexity index is 983. The van der Waals surface area contributed by atoms with Crippen molar-refractivity contribution >= 4 is 28.6 Å². The second-order valence-electron chi connectivity index (χ2n) is 6.75. The molecule has 3 aromatic rings. The highest BCUT2D eigenvalue weighted by Gasteiger charge is 2.45. The van der Waals surface area contributed by atoms with E-state index in [1.54, 1.807) is 30.5 Å². The number of hydrogen-bond donors (Lipinski definition) is 0. The van der Waals surface area contributed by atoms with E-state index < -0.39 is 17.9 Å². The van der Waals surface area contributed by atoms with Gasteiger partial charge >= 0.3 is 5.91 Å². The Morgan fingerprint density at radius 3 is 2.08 bits per heavy atom. The second-order valence-corrected chi connectivity index (χ2v) is 6.75. The van der Waals surface area contributed by atoms with Gasteiger partial charge in [0, 0.05) is 6.07 Å². The minimum atomic E-state index is -0.888. The van der Waals surface area contributed by atoms with Gasteiger partial charge in [-0.15, -0.1) is 5.10 Å². The molecular weight excluding hydrogens is 330 g/mol. The van der Waals surface area contributed by atoms with Crippen LogP contribution in [-0.4, -0.2) is 33.3 Å². The van der Waals surface area contributed by atoms with E-state index in [0.29, 0.717) is 11.1 Å². The highest BCUT2D eigenvalue weighted by Crippen LogP contribution is 2.27. The Hall–Kier alpha value is -3.28. The lowest BCUT2D eigenvalue weighted by atomic mass is 10.0. The number of nitrogens with one attached hydrogen (secondary N) is 1. The molecule has 0 unspecified atom stereocenters. The Morgan fingerprint density at radius 1 is 0.923 bits per heavy atom. The van der Waals surface area contributed by atoms with Crippen molar-refractivity contribution in [1.29, 1.82) is 0 Å². The zero-order valence-corrected chi connectivity index (χ0v) is 14.5. The predicted molar refractivity (Wildman–Crippen MR) is 94.7 cm³/mol. The first-order chi connectivity index (χ1) is 12.5. The molecule has 0 radical (unpaired) electrons. The van der Waals surface area contributed by atoms with Gasteiger partial charge in [0.25, 0.3) is 11.8 Å². The normalized spacial score (nSPS) is 15.0. The zero-order valence-electron chi connectivity index (χ0n) is 14.5. The van der Waals surface area contributed by atoms with Gasteiger partial charge in [0.05, 0.1) is 22.7 Å². The second kappa shape index (κ2) is 5.91. The molecule has 6 nitrogen and oxygen atoms in total. The molecule has 0 saturated heterocycles. The van der Waals surface area contributed by atoms with Crippen molar-refractivity contribution in [3.63, 3.8) is 0 Å². The maximum absolute atomic E-state index is 13.2. The van der Waals surface area contributed by atoms with Crippen LogP contribution < -0.4 is 5.10 Å². The topological polar surface area (TPSA) is 73.5 Å². The summed E-state index contributed by atoms with van der Waals surface area (Å²) in [5.74, 6) is -1.42. The van der Waals surface area contributed by atoms with Crippen molar-refractivity contribution in [2.24, 2.45) is 5.92 Å². The fraction of sp³-hybridized carbons (Fsp3) is 0.200. The molecule has 2 heterocycles. The van der Waals surface area contributed by atoms with Crippen molar-refractivity contribution in [3.05, 3.63) is 65.9 Å². The third kappa shape index (κ3) is 2.34. The summed E-state index contributed by atoms with van der Waals surface area (Å²) in [6.07, 6.45) is 1.69. The minimum absolute atomic E-state index is 0.233. The highest BCUT2D eigenvalue weighted by atomic mass is 16.2. The van der Waals surface area contributed by atoms with Crippen LogP contribution in [0.5, 0.6) is 0 Å². The van der Waals surface area contributed by atoms with Gasteiger partial charge in [0.1, 0.15) is 6.04 Å². The number of aromatic amines is 1. The molecule has 0 spiro atoms. The minimum Gasteiger partial charge on any atom is -0.269 e. The molecule has 6 heteroatoms. The van der Waals surface area contributed by atoms with E-state index in [4.69, 9.17) is 0 Å². The molecule has 1 aliphatic rings. The number of carbonyl (C=O) groups is 3. The first kappa shape index (κ1) is 16.2. The average Bonchev–Trinajstić information content (AvgIpc) is 3.17. The van der Waals surface area contributed by atoms with Crippen molar-refractivity contribution in [3.8, 4) is 0 Å². The molecule has 1 atom stereocenters. The van der Waals surface area contributed by atoms with Gasteiger partial charge in [-0.2, -0.15) is 0 Å². The van der Waals surface area contributed by atoms with Crippen LogP contribution in [0.1, 0.15) is 39.4 Å². The lowest BCUT2D eigenvalue weighted by Crippen LogP contribution is -2.51. The fourth-order valence-electron chi connectivity index (χ4n) is 3.43. The van der Waals surface area contributed by atoms with Gasteiger partial charge in [-0.05, 0) is 24.1 Å². The van der Waals surface area contributed by atoms with Crippen LogP contribution in [0.15, 0.2) is 54.7 Å². The Kier molecular flexibility index (Phi) is 3.68. The van der Waals surface area contributed by atoms with E-state index in [-0.39, 0.29) is 11.8 Å². The summed E-state index contributed by atoms with van der Waals surface area (Å²) in [5.41, 5.74) is 1.50. The SMILES string of the molecule is CC(C)[C@H](C(=O)n1cc2ccccc2[nH+]1)N1C(=O)c2ccccc2C1=O. The molecule has 2 aromatic carbocycles. The number of fused-ring (bicyclic) bond motifs is 2. The molecule has 0 aliphatic carbocycles. The average molecular weight is 348 g/mol. The summed E-state index contributed by atoms with van der Waals surface area (Å²) in [4.78, 5) is 39.9. The number of nitrogens with zero attached hydrogens (tertiary/aromatic N) is 2. The zero-order chi connectivity index (χ0) is 18.4. The molecule has 0 bridgehead atoms. The van der Waals surface area contributed by atoms with Crippen LogP contribution in [0.3, 0.4) is 0 Å². The Morgan fingerprint density at radius 2 is 1.50 bits per heavy atom. The summed E-state index contributed by atoms with van der Waals surface area (Å²) in [7, 11) is 0. The number of H-pyrrole nitrogens is 1. The van der Waals surface area contributed by atoms with Crippen LogP contribution >= 0.6 is 0 Å². The maximum Gasteiger partial charge on any atom is 0.305 e. The number of hydrogen-bond acceptors (Lipinski definition) is 3. The predicted octanol–water partition coefficient (Wildman–Crippen LogP) is 2.42. The smallest absolute Gasteiger partial charge is 0.269 e. The summed E-state index contributed by atoms with van der Waals surface area (Å²) < 4.78 is 1.36. The Labute approximate surface area is 150 Å². The third-order valence-corrected chi connectivity index (χ3v) is 4.70. The van der Waals surface area contributed by atoms with Gasteiger partial charge in [-0.1, -0.05) is 42.8 Å². The van der Waals surface area contributed by atoms with Gasteiger partial charge in [-0.3, -0.25) is 19.3 Å². The van der Waals surface area contributed by atoms with Crippen molar-refractivity contribution in [2.45, 2.75) is 19.9 Å². The number of carbonyl (C=O) groups excluding carboxylic acids is 3. The highest BCUT2D eigenvalue weighted by molar-refractivity contribution is 6.22.